The number of hydrogen-bond donors (Lipinski definition) is 2. The van der Waals surface area contributed by atoms with Crippen LogP contribution in [0.15, 0.2) is 10.4 Å². The highest BCUT2D eigenvalue weighted by Crippen LogP contribution is 2.18. The minimum Gasteiger partial charge on any atom is -0.357 e. The molecule has 0 aliphatic carbocycles. The molecule has 2 heterocycles. The lowest BCUT2D eigenvalue weighted by atomic mass is 10.1. The van der Waals surface area contributed by atoms with E-state index in [0.717, 1.165) is 24.1 Å². The van der Waals surface area contributed by atoms with E-state index >= 15 is 0 Å². The number of thiazole rings is 1. The Morgan fingerprint density at radius 2 is 2.04 bits per heavy atom. The maximum absolute atomic E-state index is 4.69. The Kier molecular flexibility index (Phi) is 7.99. The summed E-state index contributed by atoms with van der Waals surface area (Å²) in [5.74, 6) is 2.00. The van der Waals surface area contributed by atoms with Gasteiger partial charge in [-0.3, -0.25) is 0 Å². The molecule has 1 fully saturated rings. The van der Waals surface area contributed by atoms with Crippen molar-refractivity contribution in [3.8, 4) is 0 Å². The summed E-state index contributed by atoms with van der Waals surface area (Å²) in [7, 11) is 0. The normalized spacial score (nSPS) is 17.5. The van der Waals surface area contributed by atoms with Gasteiger partial charge in [0.25, 0.3) is 0 Å². The second kappa shape index (κ2) is 9.99. The highest BCUT2D eigenvalue weighted by molar-refractivity contribution is 7.09. The maximum atomic E-state index is 4.69. The average Bonchev–Trinajstić information content (AvgIpc) is 3.21. The summed E-state index contributed by atoms with van der Waals surface area (Å²) < 4.78 is 0. The van der Waals surface area contributed by atoms with Crippen molar-refractivity contribution in [3.05, 3.63) is 16.1 Å². The number of rotatable bonds is 8. The van der Waals surface area contributed by atoms with E-state index in [9.17, 15) is 0 Å². The molecule has 0 bridgehead atoms. The minimum absolute atomic E-state index is 0.483. The fraction of sp³-hybridized carbons (Fsp3) is 0.778. The Labute approximate surface area is 151 Å². The summed E-state index contributed by atoms with van der Waals surface area (Å²) in [6.07, 6.45) is 2.72. The van der Waals surface area contributed by atoms with Crippen LogP contribution in [0.2, 0.25) is 0 Å². The molecule has 24 heavy (non-hydrogen) atoms. The molecule has 0 spiro atoms. The number of aliphatic imine (C=N–C) groups is 1. The van der Waals surface area contributed by atoms with Crippen molar-refractivity contribution in [2.75, 3.05) is 32.7 Å². The molecule has 0 amide bonds. The first kappa shape index (κ1) is 19.2. The molecule has 1 aliphatic rings. The largest absolute Gasteiger partial charge is 0.357 e. The second-order valence-corrected chi connectivity index (χ2v) is 7.95. The van der Waals surface area contributed by atoms with Gasteiger partial charge in [0.2, 0.25) is 0 Å². The first-order chi connectivity index (χ1) is 11.6. The third-order valence-electron chi connectivity index (χ3n) is 4.26. The van der Waals surface area contributed by atoms with Crippen molar-refractivity contribution in [1.82, 2.24) is 20.5 Å². The van der Waals surface area contributed by atoms with Crippen LogP contribution in [-0.4, -0.2) is 48.6 Å². The lowest BCUT2D eigenvalue weighted by Crippen LogP contribution is -2.41. The average molecular weight is 352 g/mol. The molecule has 1 unspecified atom stereocenters. The molecule has 0 aromatic carbocycles. The molecule has 0 radical (unpaired) electrons. The summed E-state index contributed by atoms with van der Waals surface area (Å²) in [5.41, 5.74) is 1.17. The zero-order chi connectivity index (χ0) is 17.4. The Morgan fingerprint density at radius 3 is 2.67 bits per heavy atom. The minimum atomic E-state index is 0.483. The summed E-state index contributed by atoms with van der Waals surface area (Å²) in [4.78, 5) is 11.9. The molecular weight excluding hydrogens is 318 g/mol. The third kappa shape index (κ3) is 6.40. The van der Waals surface area contributed by atoms with Gasteiger partial charge < -0.3 is 15.5 Å². The van der Waals surface area contributed by atoms with E-state index in [1.165, 1.54) is 38.2 Å². The Balaban J connectivity index is 1.80. The van der Waals surface area contributed by atoms with Crippen molar-refractivity contribution in [2.24, 2.45) is 10.9 Å². The van der Waals surface area contributed by atoms with Crippen LogP contribution in [0.3, 0.4) is 0 Å². The lowest BCUT2D eigenvalue weighted by Gasteiger charge is -2.21. The van der Waals surface area contributed by atoms with E-state index in [-0.39, 0.29) is 0 Å². The predicted molar refractivity (Wildman–Crippen MR) is 104 cm³/mol. The van der Waals surface area contributed by atoms with Crippen molar-refractivity contribution in [2.45, 2.75) is 53.0 Å². The Hall–Kier alpha value is -1.14. The second-order valence-electron chi connectivity index (χ2n) is 7.01. The number of likely N-dealkylation sites (tertiary alicyclic amines) is 1. The quantitative estimate of drug-likeness (QED) is 0.558. The smallest absolute Gasteiger partial charge is 0.191 e. The van der Waals surface area contributed by atoms with Crippen LogP contribution in [0.1, 0.15) is 57.2 Å². The highest BCUT2D eigenvalue weighted by Gasteiger charge is 2.14. The molecule has 1 atom stereocenters. The van der Waals surface area contributed by atoms with Crippen LogP contribution in [0.25, 0.3) is 0 Å². The molecule has 0 saturated carbocycles. The van der Waals surface area contributed by atoms with Gasteiger partial charge in [0.05, 0.1) is 12.2 Å². The summed E-state index contributed by atoms with van der Waals surface area (Å²) in [5, 5.41) is 10.0. The van der Waals surface area contributed by atoms with Gasteiger partial charge in [-0.1, -0.05) is 20.8 Å². The SMILES string of the molecule is CCNC(=NCc1nc(C(C)C)cs1)NCC(C)CN1CCCC1. The fourth-order valence-electron chi connectivity index (χ4n) is 2.89. The molecule has 1 aromatic heterocycles. The molecule has 6 heteroatoms. The van der Waals surface area contributed by atoms with E-state index in [1.54, 1.807) is 11.3 Å². The van der Waals surface area contributed by atoms with E-state index in [0.29, 0.717) is 18.4 Å². The first-order valence-electron chi connectivity index (χ1n) is 9.27. The zero-order valence-corrected chi connectivity index (χ0v) is 16.5. The van der Waals surface area contributed by atoms with Gasteiger partial charge in [0.15, 0.2) is 5.96 Å². The van der Waals surface area contributed by atoms with Gasteiger partial charge in [-0.2, -0.15) is 0 Å². The highest BCUT2D eigenvalue weighted by atomic mass is 32.1. The van der Waals surface area contributed by atoms with Crippen molar-refractivity contribution in [1.29, 1.82) is 0 Å². The van der Waals surface area contributed by atoms with Gasteiger partial charge in [0.1, 0.15) is 5.01 Å². The van der Waals surface area contributed by atoms with Crippen LogP contribution in [0.5, 0.6) is 0 Å². The van der Waals surface area contributed by atoms with E-state index < -0.39 is 0 Å². The molecule has 1 aromatic rings. The van der Waals surface area contributed by atoms with Crippen LogP contribution in [-0.2, 0) is 6.54 Å². The third-order valence-corrected chi connectivity index (χ3v) is 5.12. The van der Waals surface area contributed by atoms with E-state index in [1.807, 2.05) is 0 Å². The number of nitrogens with one attached hydrogen (secondary N) is 2. The molecule has 1 saturated heterocycles. The molecule has 2 rings (SSSR count). The summed E-state index contributed by atoms with van der Waals surface area (Å²) in [6, 6.07) is 0. The van der Waals surface area contributed by atoms with Gasteiger partial charge in [-0.05, 0) is 44.7 Å². The van der Waals surface area contributed by atoms with Crippen LogP contribution in [0, 0.1) is 5.92 Å². The molecular formula is C18H33N5S. The number of nitrogens with zero attached hydrogens (tertiary/aromatic N) is 3. The van der Waals surface area contributed by atoms with Crippen molar-refractivity contribution in [3.63, 3.8) is 0 Å². The first-order valence-corrected chi connectivity index (χ1v) is 10.1. The predicted octanol–water partition coefficient (Wildman–Crippen LogP) is 3.05. The molecule has 5 nitrogen and oxygen atoms in total. The zero-order valence-electron chi connectivity index (χ0n) is 15.6. The summed E-state index contributed by atoms with van der Waals surface area (Å²) >= 11 is 1.70. The van der Waals surface area contributed by atoms with Gasteiger partial charge in [-0.25, -0.2) is 9.98 Å². The van der Waals surface area contributed by atoms with Crippen molar-refractivity contribution < 1.29 is 0 Å². The fourth-order valence-corrected chi connectivity index (χ4v) is 3.77. The Bertz CT molecular complexity index is 505. The number of hydrogen-bond acceptors (Lipinski definition) is 4. The molecule has 136 valence electrons. The number of aromatic nitrogens is 1. The lowest BCUT2D eigenvalue weighted by molar-refractivity contribution is 0.287. The molecule has 1 aliphatic heterocycles. The van der Waals surface area contributed by atoms with Crippen LogP contribution < -0.4 is 10.6 Å². The van der Waals surface area contributed by atoms with E-state index in [2.05, 4.69) is 58.6 Å². The standard InChI is InChI=1S/C18H33N5S/c1-5-19-18(20-10-15(4)12-23-8-6-7-9-23)21-11-17-22-16(13-24-17)14(2)3/h13-15H,5-12H2,1-4H3,(H2,19,20,21). The van der Waals surface area contributed by atoms with Gasteiger partial charge in [0, 0.05) is 25.0 Å². The van der Waals surface area contributed by atoms with Crippen molar-refractivity contribution >= 4 is 17.3 Å². The molecule has 2 N–H and O–H groups in total. The van der Waals surface area contributed by atoms with Gasteiger partial charge >= 0.3 is 0 Å². The topological polar surface area (TPSA) is 52.6 Å². The van der Waals surface area contributed by atoms with E-state index in [4.69, 9.17) is 0 Å². The monoisotopic (exact) mass is 351 g/mol. The summed E-state index contributed by atoms with van der Waals surface area (Å²) in [6.45, 7) is 14.9. The van der Waals surface area contributed by atoms with Crippen LogP contribution in [0.4, 0.5) is 0 Å². The van der Waals surface area contributed by atoms with Gasteiger partial charge in [-0.15, -0.1) is 11.3 Å². The number of guanidine groups is 1. The Morgan fingerprint density at radius 1 is 1.29 bits per heavy atom. The van der Waals surface area contributed by atoms with Crippen LogP contribution >= 0.6 is 11.3 Å². The maximum Gasteiger partial charge on any atom is 0.191 e.